The van der Waals surface area contributed by atoms with Gasteiger partial charge in [-0.1, -0.05) is 0 Å². The van der Waals surface area contributed by atoms with Crippen LogP contribution in [0.3, 0.4) is 0 Å². The fourth-order valence-corrected chi connectivity index (χ4v) is 2.50. The molecule has 136 valence electrons. The van der Waals surface area contributed by atoms with Crippen molar-refractivity contribution in [1.29, 1.82) is 0 Å². The average molecular weight is 369 g/mol. The second kappa shape index (κ2) is 6.91. The number of amides is 1. The number of hydrogen-bond donors (Lipinski definition) is 2. The number of halogens is 2. The van der Waals surface area contributed by atoms with E-state index >= 15 is 0 Å². The number of anilines is 3. The van der Waals surface area contributed by atoms with Crippen LogP contribution in [0.2, 0.25) is 0 Å². The number of pyridine rings is 1. The van der Waals surface area contributed by atoms with Crippen molar-refractivity contribution in [3.8, 4) is 11.5 Å². The van der Waals surface area contributed by atoms with Crippen LogP contribution in [0, 0.1) is 11.6 Å². The Kier molecular flexibility index (Phi) is 4.29. The highest BCUT2D eigenvalue weighted by molar-refractivity contribution is 6.04. The van der Waals surface area contributed by atoms with Crippen molar-refractivity contribution in [2.24, 2.45) is 0 Å². The van der Waals surface area contributed by atoms with Gasteiger partial charge >= 0.3 is 0 Å². The first-order valence-electron chi connectivity index (χ1n) is 7.97. The van der Waals surface area contributed by atoms with E-state index in [0.717, 1.165) is 17.8 Å². The summed E-state index contributed by atoms with van der Waals surface area (Å²) >= 11 is 0. The zero-order valence-electron chi connectivity index (χ0n) is 13.8. The van der Waals surface area contributed by atoms with Gasteiger partial charge in [0.25, 0.3) is 5.91 Å². The van der Waals surface area contributed by atoms with E-state index in [-0.39, 0.29) is 12.4 Å². The van der Waals surface area contributed by atoms with Crippen molar-refractivity contribution >= 4 is 23.1 Å². The highest BCUT2D eigenvalue weighted by atomic mass is 19.2. The fourth-order valence-electron chi connectivity index (χ4n) is 2.50. The molecule has 6 nitrogen and oxygen atoms in total. The standard InChI is InChI=1S/C19H13F2N3O3/c20-14-4-1-11(7-15(14)21)19(25)24-13-3-6-18(22-9-13)23-12-2-5-16-17(8-12)27-10-26-16/h1-9H,10H2,(H,22,23)(H,24,25). The summed E-state index contributed by atoms with van der Waals surface area (Å²) in [5.74, 6) is -0.762. The molecule has 0 fully saturated rings. The third-order valence-corrected chi connectivity index (χ3v) is 3.85. The molecule has 8 heteroatoms. The zero-order chi connectivity index (χ0) is 18.8. The van der Waals surface area contributed by atoms with Gasteiger partial charge in [-0.2, -0.15) is 0 Å². The summed E-state index contributed by atoms with van der Waals surface area (Å²) in [4.78, 5) is 16.3. The predicted octanol–water partition coefficient (Wildman–Crippen LogP) is 4.08. The molecule has 0 bridgehead atoms. The quantitative estimate of drug-likeness (QED) is 0.725. The van der Waals surface area contributed by atoms with Crippen LogP contribution in [0.5, 0.6) is 11.5 Å². The summed E-state index contributed by atoms with van der Waals surface area (Å²) in [7, 11) is 0. The van der Waals surface area contributed by atoms with Crippen molar-refractivity contribution in [3.63, 3.8) is 0 Å². The van der Waals surface area contributed by atoms with Crippen molar-refractivity contribution in [1.82, 2.24) is 4.98 Å². The molecule has 0 radical (unpaired) electrons. The first-order chi connectivity index (χ1) is 13.1. The number of hydrogen-bond acceptors (Lipinski definition) is 5. The minimum Gasteiger partial charge on any atom is -0.454 e. The molecule has 2 aromatic carbocycles. The number of benzene rings is 2. The Balaban J connectivity index is 1.42. The molecule has 2 N–H and O–H groups in total. The van der Waals surface area contributed by atoms with Crippen LogP contribution in [-0.2, 0) is 0 Å². The first-order valence-corrected chi connectivity index (χ1v) is 7.97. The van der Waals surface area contributed by atoms with Crippen LogP contribution in [0.25, 0.3) is 0 Å². The van der Waals surface area contributed by atoms with E-state index in [9.17, 15) is 13.6 Å². The summed E-state index contributed by atoms with van der Waals surface area (Å²) in [5.41, 5.74) is 1.20. The number of rotatable bonds is 4. The predicted molar refractivity (Wildman–Crippen MR) is 94.4 cm³/mol. The van der Waals surface area contributed by atoms with Gasteiger partial charge in [0.15, 0.2) is 23.1 Å². The zero-order valence-corrected chi connectivity index (χ0v) is 13.8. The van der Waals surface area contributed by atoms with Gasteiger partial charge in [-0.25, -0.2) is 13.8 Å². The van der Waals surface area contributed by atoms with E-state index in [1.54, 1.807) is 24.3 Å². The molecule has 0 unspecified atom stereocenters. The van der Waals surface area contributed by atoms with Gasteiger partial charge in [0.05, 0.1) is 11.9 Å². The van der Waals surface area contributed by atoms with Crippen LogP contribution in [-0.4, -0.2) is 17.7 Å². The minimum atomic E-state index is -1.08. The maximum Gasteiger partial charge on any atom is 0.255 e. The largest absolute Gasteiger partial charge is 0.454 e. The van der Waals surface area contributed by atoms with Crippen molar-refractivity contribution in [2.75, 3.05) is 17.4 Å². The van der Waals surface area contributed by atoms with Crippen molar-refractivity contribution in [3.05, 3.63) is 71.9 Å². The maximum absolute atomic E-state index is 13.2. The monoisotopic (exact) mass is 369 g/mol. The number of nitrogens with zero attached hydrogens (tertiary/aromatic N) is 1. The molecule has 0 atom stereocenters. The minimum absolute atomic E-state index is 0.0106. The van der Waals surface area contributed by atoms with Crippen molar-refractivity contribution < 1.29 is 23.0 Å². The van der Waals surface area contributed by atoms with Crippen molar-refractivity contribution in [2.45, 2.75) is 0 Å². The molecule has 3 aromatic rings. The molecule has 1 aliphatic heterocycles. The fraction of sp³-hybridized carbons (Fsp3) is 0.0526. The highest BCUT2D eigenvalue weighted by Crippen LogP contribution is 2.34. The van der Waals surface area contributed by atoms with Crippen LogP contribution in [0.15, 0.2) is 54.7 Å². The Morgan fingerprint density at radius 2 is 1.74 bits per heavy atom. The molecule has 1 aliphatic rings. The maximum atomic E-state index is 13.2. The van der Waals surface area contributed by atoms with Crippen LogP contribution in [0.1, 0.15) is 10.4 Å². The Hall–Kier alpha value is -3.68. The molecule has 4 rings (SSSR count). The molecule has 0 saturated carbocycles. The molecule has 1 amide bonds. The summed E-state index contributed by atoms with van der Waals surface area (Å²) in [5, 5.41) is 5.68. The van der Waals surface area contributed by atoms with E-state index in [0.29, 0.717) is 23.0 Å². The summed E-state index contributed by atoms with van der Waals surface area (Å²) in [6.07, 6.45) is 1.45. The molecule has 2 heterocycles. The van der Waals surface area contributed by atoms with E-state index in [2.05, 4.69) is 15.6 Å². The molecule has 0 saturated heterocycles. The summed E-state index contributed by atoms with van der Waals surface area (Å²) in [6, 6.07) is 11.7. The number of fused-ring (bicyclic) bond motifs is 1. The average Bonchev–Trinajstić information content (AvgIpc) is 3.13. The van der Waals surface area contributed by atoms with E-state index in [1.807, 2.05) is 6.07 Å². The van der Waals surface area contributed by atoms with Gasteiger partial charge < -0.3 is 20.1 Å². The number of carbonyl (C=O) groups excluding carboxylic acids is 1. The lowest BCUT2D eigenvalue weighted by Gasteiger charge is -2.09. The number of carbonyl (C=O) groups is 1. The van der Waals surface area contributed by atoms with E-state index in [4.69, 9.17) is 9.47 Å². The lowest BCUT2D eigenvalue weighted by atomic mass is 10.2. The topological polar surface area (TPSA) is 72.5 Å². The lowest BCUT2D eigenvalue weighted by Crippen LogP contribution is -2.12. The van der Waals surface area contributed by atoms with Crippen LogP contribution in [0.4, 0.5) is 26.0 Å². The van der Waals surface area contributed by atoms with E-state index < -0.39 is 17.5 Å². The second-order valence-electron chi connectivity index (χ2n) is 5.71. The van der Waals surface area contributed by atoms with Crippen LogP contribution >= 0.6 is 0 Å². The van der Waals surface area contributed by atoms with Gasteiger partial charge in [0.1, 0.15) is 5.82 Å². The molecule has 0 spiro atoms. The summed E-state index contributed by atoms with van der Waals surface area (Å²) < 4.78 is 36.7. The van der Waals surface area contributed by atoms with E-state index in [1.165, 1.54) is 12.3 Å². The smallest absolute Gasteiger partial charge is 0.255 e. The van der Waals surface area contributed by atoms with Crippen LogP contribution < -0.4 is 20.1 Å². The third kappa shape index (κ3) is 3.64. The van der Waals surface area contributed by atoms with Gasteiger partial charge in [0.2, 0.25) is 6.79 Å². The number of ether oxygens (including phenoxy) is 2. The molecule has 27 heavy (non-hydrogen) atoms. The Morgan fingerprint density at radius 3 is 2.52 bits per heavy atom. The normalized spacial score (nSPS) is 11.9. The van der Waals surface area contributed by atoms with Gasteiger partial charge in [-0.3, -0.25) is 4.79 Å². The highest BCUT2D eigenvalue weighted by Gasteiger charge is 2.13. The lowest BCUT2D eigenvalue weighted by molar-refractivity contribution is 0.102. The Bertz CT molecular complexity index is 1010. The first kappa shape index (κ1) is 16.8. The molecule has 0 aliphatic carbocycles. The third-order valence-electron chi connectivity index (χ3n) is 3.85. The number of nitrogens with one attached hydrogen (secondary N) is 2. The molecular formula is C19H13F2N3O3. The summed E-state index contributed by atoms with van der Waals surface area (Å²) in [6.45, 7) is 0.198. The SMILES string of the molecule is O=C(Nc1ccc(Nc2ccc3c(c2)OCO3)nc1)c1ccc(F)c(F)c1. The molecule has 1 aromatic heterocycles. The molecular weight excluding hydrogens is 356 g/mol. The van der Waals surface area contributed by atoms with Gasteiger partial charge in [-0.05, 0) is 42.5 Å². The Morgan fingerprint density at radius 1 is 0.926 bits per heavy atom. The second-order valence-corrected chi connectivity index (χ2v) is 5.71. The van der Waals surface area contributed by atoms with Gasteiger partial charge in [-0.15, -0.1) is 0 Å². The number of aromatic nitrogens is 1. The Labute approximate surface area is 152 Å². The van der Waals surface area contributed by atoms with Gasteiger partial charge in [0, 0.05) is 17.3 Å².